The van der Waals surface area contributed by atoms with E-state index in [1.54, 1.807) is 18.4 Å². The smallest absolute Gasteiger partial charge is 0.243 e. The molecular formula is C23H29N3O4S. The minimum absolute atomic E-state index is 0.0339. The van der Waals surface area contributed by atoms with Gasteiger partial charge in [0.1, 0.15) is 0 Å². The molecule has 1 N–H and O–H groups in total. The highest BCUT2D eigenvalue weighted by atomic mass is 32.1. The minimum Gasteiger partial charge on any atom is -0.378 e. The predicted molar refractivity (Wildman–Crippen MR) is 123 cm³/mol. The SMILES string of the molecule is Cc1cc(C(=O)CCC(=O)N(C)CC(=O)Nc2ccc(N3CCOCC3)cc2)c(C)s1. The summed E-state index contributed by atoms with van der Waals surface area (Å²) in [5.41, 5.74) is 2.46. The fourth-order valence-electron chi connectivity index (χ4n) is 3.53. The Morgan fingerprint density at radius 3 is 2.39 bits per heavy atom. The third-order valence-electron chi connectivity index (χ3n) is 5.24. The number of morpholine rings is 1. The number of ketones is 1. The molecule has 2 heterocycles. The maximum Gasteiger partial charge on any atom is 0.243 e. The third-order valence-corrected chi connectivity index (χ3v) is 6.21. The fraction of sp³-hybridized carbons (Fsp3) is 0.435. The standard InChI is InChI=1S/C23H29N3O4S/c1-16-14-20(17(2)31-16)21(27)8-9-23(29)25(3)15-22(28)24-18-4-6-19(7-5-18)26-10-12-30-13-11-26/h4-7,14H,8-13,15H2,1-3H3,(H,24,28). The molecule has 2 aromatic rings. The first-order chi connectivity index (χ1) is 14.8. The van der Waals surface area contributed by atoms with E-state index in [2.05, 4.69) is 10.2 Å². The molecular weight excluding hydrogens is 414 g/mol. The second-order valence-corrected chi connectivity index (χ2v) is 9.15. The molecule has 8 heteroatoms. The van der Waals surface area contributed by atoms with Crippen LogP contribution in [-0.4, -0.2) is 62.4 Å². The lowest BCUT2D eigenvalue weighted by Crippen LogP contribution is -2.36. The number of ether oxygens (including phenoxy) is 1. The number of thiophene rings is 1. The summed E-state index contributed by atoms with van der Waals surface area (Å²) in [7, 11) is 1.58. The van der Waals surface area contributed by atoms with Crippen molar-refractivity contribution in [2.24, 2.45) is 0 Å². The van der Waals surface area contributed by atoms with Gasteiger partial charge in [0.15, 0.2) is 5.78 Å². The van der Waals surface area contributed by atoms with Gasteiger partial charge in [-0.3, -0.25) is 14.4 Å². The van der Waals surface area contributed by atoms with E-state index in [9.17, 15) is 14.4 Å². The lowest BCUT2D eigenvalue weighted by Gasteiger charge is -2.28. The van der Waals surface area contributed by atoms with Crippen molar-refractivity contribution in [2.75, 3.05) is 50.1 Å². The second kappa shape index (κ2) is 10.5. The Bertz CT molecular complexity index is 933. The van der Waals surface area contributed by atoms with Crippen LogP contribution >= 0.6 is 11.3 Å². The van der Waals surface area contributed by atoms with Crippen LogP contribution in [0, 0.1) is 13.8 Å². The molecule has 0 atom stereocenters. The van der Waals surface area contributed by atoms with Crippen LogP contribution in [0.3, 0.4) is 0 Å². The molecule has 1 saturated heterocycles. The Kier molecular flexibility index (Phi) is 7.81. The first kappa shape index (κ1) is 23.0. The van der Waals surface area contributed by atoms with Crippen LogP contribution in [0.2, 0.25) is 0 Å². The number of amides is 2. The summed E-state index contributed by atoms with van der Waals surface area (Å²) in [6, 6.07) is 9.52. The summed E-state index contributed by atoms with van der Waals surface area (Å²) in [4.78, 5) is 42.7. The van der Waals surface area contributed by atoms with Crippen LogP contribution in [-0.2, 0) is 14.3 Å². The zero-order valence-electron chi connectivity index (χ0n) is 18.3. The molecule has 0 aliphatic carbocycles. The zero-order valence-corrected chi connectivity index (χ0v) is 19.1. The summed E-state index contributed by atoms with van der Waals surface area (Å²) in [6.45, 7) is 6.96. The van der Waals surface area contributed by atoms with Crippen molar-refractivity contribution in [3.8, 4) is 0 Å². The lowest BCUT2D eigenvalue weighted by molar-refractivity contribution is -0.133. The van der Waals surface area contributed by atoms with Crippen molar-refractivity contribution in [1.82, 2.24) is 4.90 Å². The number of aryl methyl sites for hydroxylation is 2. The Morgan fingerprint density at radius 2 is 1.77 bits per heavy atom. The molecule has 0 saturated carbocycles. The summed E-state index contributed by atoms with van der Waals surface area (Å²) in [6.07, 6.45) is 0.232. The summed E-state index contributed by atoms with van der Waals surface area (Å²) < 4.78 is 5.36. The molecule has 7 nitrogen and oxygen atoms in total. The van der Waals surface area contributed by atoms with Crippen molar-refractivity contribution in [3.05, 3.63) is 45.6 Å². The van der Waals surface area contributed by atoms with Crippen molar-refractivity contribution in [2.45, 2.75) is 26.7 Å². The summed E-state index contributed by atoms with van der Waals surface area (Å²) in [5.74, 6) is -0.533. The number of hydrogen-bond acceptors (Lipinski definition) is 6. The van der Waals surface area contributed by atoms with Gasteiger partial charge in [-0.1, -0.05) is 0 Å². The van der Waals surface area contributed by atoms with Gasteiger partial charge >= 0.3 is 0 Å². The minimum atomic E-state index is -0.273. The summed E-state index contributed by atoms with van der Waals surface area (Å²) >= 11 is 1.58. The van der Waals surface area contributed by atoms with Gasteiger partial charge in [0.25, 0.3) is 0 Å². The molecule has 2 amide bonds. The quantitative estimate of drug-likeness (QED) is 0.634. The topological polar surface area (TPSA) is 79.0 Å². The molecule has 1 aromatic heterocycles. The molecule has 0 bridgehead atoms. The molecule has 1 aromatic carbocycles. The summed E-state index contributed by atoms with van der Waals surface area (Å²) in [5, 5.41) is 2.82. The molecule has 166 valence electrons. The van der Waals surface area contributed by atoms with Crippen molar-refractivity contribution < 1.29 is 19.1 Å². The number of anilines is 2. The molecule has 0 spiro atoms. The van der Waals surface area contributed by atoms with Crippen LogP contribution in [0.25, 0.3) is 0 Å². The van der Waals surface area contributed by atoms with Crippen LogP contribution < -0.4 is 10.2 Å². The Morgan fingerprint density at radius 1 is 1.10 bits per heavy atom. The van der Waals surface area contributed by atoms with E-state index in [0.29, 0.717) is 11.3 Å². The van der Waals surface area contributed by atoms with E-state index in [-0.39, 0.29) is 37.0 Å². The molecule has 0 radical (unpaired) electrons. The number of nitrogens with zero attached hydrogens (tertiary/aromatic N) is 2. The van der Waals surface area contributed by atoms with E-state index < -0.39 is 0 Å². The highest BCUT2D eigenvalue weighted by molar-refractivity contribution is 7.12. The number of likely N-dealkylation sites (N-methyl/N-ethyl adjacent to an activating group) is 1. The van der Waals surface area contributed by atoms with E-state index >= 15 is 0 Å². The van der Waals surface area contributed by atoms with Crippen molar-refractivity contribution in [1.29, 1.82) is 0 Å². The van der Waals surface area contributed by atoms with Crippen LogP contribution in [0.4, 0.5) is 11.4 Å². The van der Waals surface area contributed by atoms with Crippen LogP contribution in [0.1, 0.15) is 33.0 Å². The average Bonchev–Trinajstić information content (AvgIpc) is 3.10. The zero-order chi connectivity index (χ0) is 22.4. The highest BCUT2D eigenvalue weighted by Gasteiger charge is 2.17. The highest BCUT2D eigenvalue weighted by Crippen LogP contribution is 2.22. The largest absolute Gasteiger partial charge is 0.378 e. The van der Waals surface area contributed by atoms with Crippen molar-refractivity contribution >= 4 is 40.3 Å². The second-order valence-electron chi connectivity index (χ2n) is 7.69. The van der Waals surface area contributed by atoms with Gasteiger partial charge < -0.3 is 19.9 Å². The van der Waals surface area contributed by atoms with Gasteiger partial charge in [0.2, 0.25) is 11.8 Å². The Balaban J connectivity index is 1.44. The number of Topliss-reactive ketones (excluding diaryl/α,β-unsaturated/α-hetero) is 1. The Labute approximate surface area is 187 Å². The molecule has 1 aliphatic heterocycles. The monoisotopic (exact) mass is 443 g/mol. The van der Waals surface area contributed by atoms with E-state index in [1.165, 1.54) is 4.90 Å². The molecule has 1 fully saturated rings. The normalized spacial score (nSPS) is 13.7. The molecule has 0 unspecified atom stereocenters. The van der Waals surface area contributed by atoms with E-state index in [0.717, 1.165) is 41.7 Å². The molecule has 1 aliphatic rings. The van der Waals surface area contributed by atoms with Crippen LogP contribution in [0.5, 0.6) is 0 Å². The number of nitrogens with one attached hydrogen (secondary N) is 1. The van der Waals surface area contributed by atoms with Gasteiger partial charge in [-0.2, -0.15) is 0 Å². The van der Waals surface area contributed by atoms with E-state index in [4.69, 9.17) is 4.74 Å². The maximum atomic E-state index is 12.4. The number of hydrogen-bond donors (Lipinski definition) is 1. The van der Waals surface area contributed by atoms with Gasteiger partial charge in [0, 0.05) is 59.7 Å². The van der Waals surface area contributed by atoms with Gasteiger partial charge in [-0.25, -0.2) is 0 Å². The first-order valence-electron chi connectivity index (χ1n) is 10.4. The van der Waals surface area contributed by atoms with Crippen molar-refractivity contribution in [3.63, 3.8) is 0 Å². The van der Waals surface area contributed by atoms with E-state index in [1.807, 2.05) is 44.2 Å². The number of carbonyl (C=O) groups is 3. The molecule has 3 rings (SSSR count). The first-order valence-corrected chi connectivity index (χ1v) is 11.2. The number of carbonyl (C=O) groups excluding carboxylic acids is 3. The maximum absolute atomic E-state index is 12.4. The number of benzene rings is 1. The lowest BCUT2D eigenvalue weighted by atomic mass is 10.1. The molecule has 31 heavy (non-hydrogen) atoms. The average molecular weight is 444 g/mol. The van der Waals surface area contributed by atoms with Gasteiger partial charge in [-0.05, 0) is 44.2 Å². The van der Waals surface area contributed by atoms with Gasteiger partial charge in [-0.15, -0.1) is 11.3 Å². The third kappa shape index (κ3) is 6.38. The fourth-order valence-corrected chi connectivity index (χ4v) is 4.48. The van der Waals surface area contributed by atoms with Gasteiger partial charge in [0.05, 0.1) is 19.8 Å². The van der Waals surface area contributed by atoms with Crippen LogP contribution in [0.15, 0.2) is 30.3 Å². The number of rotatable bonds is 8. The Hall–Kier alpha value is -2.71. The predicted octanol–water partition coefficient (Wildman–Crippen LogP) is 3.26.